The Morgan fingerprint density at radius 1 is 1.03 bits per heavy atom. The van der Waals surface area contributed by atoms with Crippen molar-refractivity contribution in [3.8, 4) is 11.1 Å². The molecule has 0 aliphatic heterocycles. The molecule has 0 radical (unpaired) electrons. The van der Waals surface area contributed by atoms with Crippen LogP contribution in [-0.4, -0.2) is 55.5 Å². The van der Waals surface area contributed by atoms with Crippen LogP contribution in [0.5, 0.6) is 0 Å². The molecule has 8 nitrogen and oxygen atoms in total. The summed E-state index contributed by atoms with van der Waals surface area (Å²) in [6.45, 7) is 0.196. The van der Waals surface area contributed by atoms with E-state index in [1.807, 2.05) is 24.3 Å². The minimum atomic E-state index is -1.11. The molecule has 1 unspecified atom stereocenters. The second kappa shape index (κ2) is 10.7. The van der Waals surface area contributed by atoms with E-state index in [-0.39, 0.29) is 36.9 Å². The fourth-order valence-electron chi connectivity index (χ4n) is 5.01. The van der Waals surface area contributed by atoms with Crippen LogP contribution < -0.4 is 10.6 Å². The largest absolute Gasteiger partial charge is 0.479 e. The van der Waals surface area contributed by atoms with Crippen molar-refractivity contribution in [3.05, 3.63) is 59.7 Å². The number of benzene rings is 2. The van der Waals surface area contributed by atoms with Gasteiger partial charge in [0.1, 0.15) is 6.61 Å². The van der Waals surface area contributed by atoms with Crippen LogP contribution in [0.1, 0.15) is 42.7 Å². The number of nitrogens with one attached hydrogen (secondary N) is 2. The summed E-state index contributed by atoms with van der Waals surface area (Å²) in [7, 11) is 1.29. The highest BCUT2D eigenvalue weighted by Gasteiger charge is 2.31. The fourth-order valence-corrected chi connectivity index (χ4v) is 5.01. The van der Waals surface area contributed by atoms with Gasteiger partial charge in [-0.2, -0.15) is 0 Å². The van der Waals surface area contributed by atoms with Crippen LogP contribution in [0.15, 0.2) is 48.5 Å². The summed E-state index contributed by atoms with van der Waals surface area (Å²) >= 11 is 0. The molecule has 1 saturated carbocycles. The minimum absolute atomic E-state index is 0.0138. The molecule has 2 aromatic rings. The lowest BCUT2D eigenvalue weighted by molar-refractivity contribution is -0.148. The quantitative estimate of drug-likeness (QED) is 0.523. The molecule has 0 spiro atoms. The molecule has 180 valence electrons. The summed E-state index contributed by atoms with van der Waals surface area (Å²) in [6, 6.07) is 16.4. The number of ether oxygens (including phenoxy) is 2. The van der Waals surface area contributed by atoms with Gasteiger partial charge in [-0.25, -0.2) is 9.59 Å². The molecule has 0 heterocycles. The predicted octanol–water partition coefficient (Wildman–Crippen LogP) is 3.30. The second-order valence-electron chi connectivity index (χ2n) is 8.92. The lowest BCUT2D eigenvalue weighted by atomic mass is 9.98. The Kier molecular flexibility index (Phi) is 7.47. The van der Waals surface area contributed by atoms with Crippen molar-refractivity contribution >= 4 is 18.0 Å². The second-order valence-corrected chi connectivity index (χ2v) is 8.92. The predicted molar refractivity (Wildman–Crippen MR) is 125 cm³/mol. The molecule has 2 aromatic carbocycles. The van der Waals surface area contributed by atoms with Crippen LogP contribution >= 0.6 is 0 Å². The molecule has 34 heavy (non-hydrogen) atoms. The van der Waals surface area contributed by atoms with Gasteiger partial charge >= 0.3 is 12.1 Å². The summed E-state index contributed by atoms with van der Waals surface area (Å²) in [5.74, 6) is -1.18. The van der Waals surface area contributed by atoms with Crippen molar-refractivity contribution in [2.45, 2.75) is 43.7 Å². The topological polar surface area (TPSA) is 114 Å². The summed E-state index contributed by atoms with van der Waals surface area (Å²) in [6.07, 6.45) is 1.06. The number of rotatable bonds is 9. The van der Waals surface area contributed by atoms with Gasteiger partial charge in [-0.3, -0.25) is 4.79 Å². The van der Waals surface area contributed by atoms with Crippen molar-refractivity contribution in [2.75, 3.05) is 20.3 Å². The van der Waals surface area contributed by atoms with Crippen LogP contribution in [0.3, 0.4) is 0 Å². The number of carbonyl (C=O) groups is 3. The number of hydrogen-bond acceptors (Lipinski definition) is 5. The highest BCUT2D eigenvalue weighted by atomic mass is 16.5. The Bertz CT molecular complexity index is 1010. The molecule has 0 bridgehead atoms. The van der Waals surface area contributed by atoms with Gasteiger partial charge in [0.2, 0.25) is 5.91 Å². The zero-order valence-electron chi connectivity index (χ0n) is 19.2. The normalized spacial score (nSPS) is 19.7. The summed E-state index contributed by atoms with van der Waals surface area (Å²) in [4.78, 5) is 35.6. The molecule has 2 aliphatic rings. The van der Waals surface area contributed by atoms with E-state index in [0.717, 1.165) is 12.8 Å². The van der Waals surface area contributed by atoms with E-state index in [0.29, 0.717) is 12.8 Å². The van der Waals surface area contributed by atoms with Gasteiger partial charge in [0.25, 0.3) is 0 Å². The molecule has 8 heteroatoms. The molecule has 2 amide bonds. The van der Waals surface area contributed by atoms with Gasteiger partial charge in [0.05, 0.1) is 6.54 Å². The van der Waals surface area contributed by atoms with Gasteiger partial charge in [0.15, 0.2) is 6.10 Å². The molecule has 1 fully saturated rings. The van der Waals surface area contributed by atoms with Crippen molar-refractivity contribution in [1.82, 2.24) is 10.6 Å². The van der Waals surface area contributed by atoms with Gasteiger partial charge in [-0.15, -0.1) is 0 Å². The Morgan fingerprint density at radius 3 is 2.29 bits per heavy atom. The first-order valence-corrected chi connectivity index (χ1v) is 11.6. The number of carboxylic acids is 1. The molecule has 3 N–H and O–H groups in total. The number of alkyl carbamates (subject to hydrolysis) is 1. The molecule has 3 atom stereocenters. The number of methoxy groups -OCH3 is 1. The van der Waals surface area contributed by atoms with Crippen LogP contribution in [0.25, 0.3) is 11.1 Å². The number of fused-ring (bicyclic) bond motifs is 3. The Balaban J connectivity index is 1.23. The highest BCUT2D eigenvalue weighted by molar-refractivity contribution is 5.79. The monoisotopic (exact) mass is 466 g/mol. The third-order valence-electron chi connectivity index (χ3n) is 6.73. The van der Waals surface area contributed by atoms with Crippen LogP contribution in [0.4, 0.5) is 4.79 Å². The lowest BCUT2D eigenvalue weighted by Crippen LogP contribution is -2.38. The Morgan fingerprint density at radius 2 is 1.68 bits per heavy atom. The Hall–Kier alpha value is -3.39. The standard InChI is InChI=1S/C26H30N2O6/c1-33-23(25(30)31)14-27-24(29)13-16-10-11-17(12-16)28-26(32)34-15-22-20-8-4-2-6-18(20)19-7-3-5-9-21(19)22/h2-9,16-17,22-23H,10-15H2,1H3,(H,27,29)(H,28,32)(H,30,31)/t16-,17+,23?/m0/s1. The summed E-state index contributed by atoms with van der Waals surface area (Å²) in [5.41, 5.74) is 4.71. The number of amides is 2. The van der Waals surface area contributed by atoms with Crippen molar-refractivity contribution in [3.63, 3.8) is 0 Å². The minimum Gasteiger partial charge on any atom is -0.479 e. The Labute approximate surface area is 198 Å². The maximum Gasteiger partial charge on any atom is 0.407 e. The van der Waals surface area contributed by atoms with Crippen LogP contribution in [0, 0.1) is 5.92 Å². The third-order valence-corrected chi connectivity index (χ3v) is 6.73. The first kappa shape index (κ1) is 23.8. The maximum atomic E-state index is 12.5. The SMILES string of the molecule is COC(CNC(=O)C[C@H]1CC[C@@H](NC(=O)OCC2c3ccccc3-c3ccccc32)C1)C(=O)O. The average molecular weight is 467 g/mol. The van der Waals surface area contributed by atoms with E-state index in [2.05, 4.69) is 34.9 Å². The summed E-state index contributed by atoms with van der Waals surface area (Å²) in [5, 5.41) is 14.5. The molecule has 0 aromatic heterocycles. The molecule has 2 aliphatic carbocycles. The van der Waals surface area contributed by atoms with E-state index in [4.69, 9.17) is 14.6 Å². The first-order chi connectivity index (χ1) is 16.5. The molecule has 4 rings (SSSR count). The highest BCUT2D eigenvalue weighted by Crippen LogP contribution is 2.44. The van der Waals surface area contributed by atoms with Crippen molar-refractivity contribution in [1.29, 1.82) is 0 Å². The zero-order chi connectivity index (χ0) is 24.1. The van der Waals surface area contributed by atoms with Gasteiger partial charge in [0, 0.05) is 25.5 Å². The van der Waals surface area contributed by atoms with Crippen molar-refractivity contribution < 1.29 is 29.0 Å². The van der Waals surface area contributed by atoms with E-state index in [1.54, 1.807) is 0 Å². The van der Waals surface area contributed by atoms with E-state index in [1.165, 1.54) is 29.4 Å². The first-order valence-electron chi connectivity index (χ1n) is 11.6. The number of carboxylic acid groups (broad SMARTS) is 1. The molecular weight excluding hydrogens is 436 g/mol. The van der Waals surface area contributed by atoms with E-state index in [9.17, 15) is 14.4 Å². The zero-order valence-corrected chi connectivity index (χ0v) is 19.2. The van der Waals surface area contributed by atoms with Crippen molar-refractivity contribution in [2.24, 2.45) is 5.92 Å². The molecular formula is C26H30N2O6. The van der Waals surface area contributed by atoms with E-state index < -0.39 is 18.2 Å². The third kappa shape index (κ3) is 5.39. The molecule has 0 saturated heterocycles. The van der Waals surface area contributed by atoms with Gasteiger partial charge in [-0.1, -0.05) is 48.5 Å². The number of aliphatic carboxylic acids is 1. The van der Waals surface area contributed by atoms with Gasteiger partial charge < -0.3 is 25.2 Å². The average Bonchev–Trinajstić information content (AvgIpc) is 3.39. The lowest BCUT2D eigenvalue weighted by Gasteiger charge is -2.17. The van der Waals surface area contributed by atoms with Crippen LogP contribution in [0.2, 0.25) is 0 Å². The maximum absolute atomic E-state index is 12.5. The van der Waals surface area contributed by atoms with Crippen LogP contribution in [-0.2, 0) is 19.1 Å². The smallest absolute Gasteiger partial charge is 0.407 e. The number of carbonyl (C=O) groups excluding carboxylic acids is 2. The fraction of sp³-hybridized carbons (Fsp3) is 0.423. The number of hydrogen-bond donors (Lipinski definition) is 3. The van der Waals surface area contributed by atoms with E-state index >= 15 is 0 Å². The summed E-state index contributed by atoms with van der Waals surface area (Å²) < 4.78 is 10.4. The van der Waals surface area contributed by atoms with Gasteiger partial charge in [-0.05, 0) is 47.4 Å².